The van der Waals surface area contributed by atoms with Crippen LogP contribution in [0.25, 0.3) is 5.65 Å². The third-order valence-electron chi connectivity index (χ3n) is 5.22. The summed E-state index contributed by atoms with van der Waals surface area (Å²) < 4.78 is 40.6. The third-order valence-corrected chi connectivity index (χ3v) is 5.22. The Morgan fingerprint density at radius 2 is 2.10 bits per heavy atom. The quantitative estimate of drug-likeness (QED) is 0.690. The highest BCUT2D eigenvalue weighted by atomic mass is 19.4. The van der Waals surface area contributed by atoms with E-state index < -0.39 is 11.7 Å². The van der Waals surface area contributed by atoms with Gasteiger partial charge < -0.3 is 10.2 Å². The number of hydrogen-bond acceptors (Lipinski definition) is 5. The maximum absolute atomic E-state index is 13.1. The molecule has 4 rings (SSSR count). The van der Waals surface area contributed by atoms with Crippen LogP contribution in [0.2, 0.25) is 0 Å². The van der Waals surface area contributed by atoms with Gasteiger partial charge in [-0.25, -0.2) is 0 Å². The van der Waals surface area contributed by atoms with Crippen molar-refractivity contribution in [1.29, 1.82) is 0 Å². The predicted molar refractivity (Wildman–Crippen MR) is 104 cm³/mol. The molecule has 7 nitrogen and oxygen atoms in total. The zero-order valence-corrected chi connectivity index (χ0v) is 16.1. The van der Waals surface area contributed by atoms with Crippen molar-refractivity contribution in [3.63, 3.8) is 0 Å². The van der Waals surface area contributed by atoms with Crippen molar-refractivity contribution >= 4 is 17.5 Å². The summed E-state index contributed by atoms with van der Waals surface area (Å²) >= 11 is 0. The van der Waals surface area contributed by atoms with Gasteiger partial charge in [0.25, 0.3) is 0 Å². The molecule has 1 saturated heterocycles. The monoisotopic (exact) mass is 418 g/mol. The highest BCUT2D eigenvalue weighted by molar-refractivity contribution is 5.79. The van der Waals surface area contributed by atoms with Gasteiger partial charge in [0, 0.05) is 38.2 Å². The van der Waals surface area contributed by atoms with Crippen LogP contribution in [0.3, 0.4) is 0 Å². The Morgan fingerprint density at radius 3 is 2.87 bits per heavy atom. The smallest absolute Gasteiger partial charge is 0.355 e. The van der Waals surface area contributed by atoms with Crippen LogP contribution >= 0.6 is 0 Å². The van der Waals surface area contributed by atoms with Gasteiger partial charge in [0.1, 0.15) is 0 Å². The van der Waals surface area contributed by atoms with Crippen molar-refractivity contribution in [2.75, 3.05) is 24.5 Å². The third kappa shape index (κ3) is 4.37. The van der Waals surface area contributed by atoms with E-state index >= 15 is 0 Å². The fourth-order valence-corrected chi connectivity index (χ4v) is 3.66. The van der Waals surface area contributed by atoms with Gasteiger partial charge >= 0.3 is 6.18 Å². The van der Waals surface area contributed by atoms with E-state index in [1.165, 1.54) is 10.5 Å². The summed E-state index contributed by atoms with van der Waals surface area (Å²) in [6.45, 7) is 1.50. The maximum atomic E-state index is 13.1. The first-order valence-electron chi connectivity index (χ1n) is 9.75. The molecule has 1 aliphatic rings. The molecule has 4 heterocycles. The van der Waals surface area contributed by atoms with Crippen LogP contribution in [0, 0.1) is 5.92 Å². The Morgan fingerprint density at radius 1 is 1.23 bits per heavy atom. The lowest BCUT2D eigenvalue weighted by Gasteiger charge is -2.32. The molecule has 10 heteroatoms. The number of carbonyl (C=O) groups is 1. The van der Waals surface area contributed by atoms with Crippen LogP contribution in [0.15, 0.2) is 42.9 Å². The highest BCUT2D eigenvalue weighted by Crippen LogP contribution is 2.30. The summed E-state index contributed by atoms with van der Waals surface area (Å²) in [6, 6.07) is 6.09. The number of piperidine rings is 1. The minimum Gasteiger partial charge on any atom is -0.355 e. The SMILES string of the molecule is O=C(NCCc1cccnc1)C1CCCN(c2nnc3ccc(C(F)(F)F)cn23)C1. The van der Waals surface area contributed by atoms with Crippen LogP contribution < -0.4 is 10.2 Å². The summed E-state index contributed by atoms with van der Waals surface area (Å²) in [6.07, 6.45) is 2.17. The number of carbonyl (C=O) groups excluding carboxylic acids is 1. The van der Waals surface area contributed by atoms with Gasteiger partial charge in [-0.2, -0.15) is 13.2 Å². The largest absolute Gasteiger partial charge is 0.417 e. The lowest BCUT2D eigenvalue weighted by atomic mass is 9.97. The first kappa shape index (κ1) is 20.1. The van der Waals surface area contributed by atoms with Crippen molar-refractivity contribution in [3.8, 4) is 0 Å². The fraction of sp³-hybridized carbons (Fsp3) is 0.400. The minimum atomic E-state index is -4.45. The first-order chi connectivity index (χ1) is 14.4. The molecule has 0 spiro atoms. The first-order valence-corrected chi connectivity index (χ1v) is 9.75. The molecule has 3 aromatic heterocycles. The van der Waals surface area contributed by atoms with E-state index in [2.05, 4.69) is 20.5 Å². The lowest BCUT2D eigenvalue weighted by molar-refractivity contribution is -0.137. The number of pyridine rings is 2. The topological polar surface area (TPSA) is 75.4 Å². The van der Waals surface area contributed by atoms with E-state index in [1.807, 2.05) is 17.0 Å². The van der Waals surface area contributed by atoms with Crippen molar-refractivity contribution in [3.05, 3.63) is 54.0 Å². The van der Waals surface area contributed by atoms with Crippen LogP contribution in [-0.2, 0) is 17.4 Å². The number of halogens is 3. The molecular weight excluding hydrogens is 397 g/mol. The molecule has 1 N–H and O–H groups in total. The Labute approximate surface area is 170 Å². The molecule has 0 radical (unpaired) electrons. The molecule has 1 atom stereocenters. The second kappa shape index (κ2) is 8.29. The molecule has 1 amide bonds. The summed E-state index contributed by atoms with van der Waals surface area (Å²) in [5.41, 5.74) is 0.609. The number of rotatable bonds is 5. The van der Waals surface area contributed by atoms with E-state index in [0.717, 1.165) is 30.7 Å². The molecule has 0 aliphatic carbocycles. The number of hydrogen-bond donors (Lipinski definition) is 1. The van der Waals surface area contributed by atoms with E-state index in [9.17, 15) is 18.0 Å². The van der Waals surface area contributed by atoms with Crippen LogP contribution in [0.5, 0.6) is 0 Å². The van der Waals surface area contributed by atoms with Crippen LogP contribution in [-0.4, -0.2) is 45.1 Å². The summed E-state index contributed by atoms with van der Waals surface area (Å²) in [7, 11) is 0. The molecule has 3 aromatic rings. The molecule has 0 saturated carbocycles. The Balaban J connectivity index is 1.43. The van der Waals surface area contributed by atoms with Crippen molar-refractivity contribution < 1.29 is 18.0 Å². The van der Waals surface area contributed by atoms with E-state index in [1.54, 1.807) is 12.4 Å². The van der Waals surface area contributed by atoms with Gasteiger partial charge in [-0.15, -0.1) is 10.2 Å². The number of nitrogens with zero attached hydrogens (tertiary/aromatic N) is 5. The summed E-state index contributed by atoms with van der Waals surface area (Å²) in [5, 5.41) is 11.0. The molecule has 0 bridgehead atoms. The fourth-order valence-electron chi connectivity index (χ4n) is 3.66. The number of anilines is 1. The molecule has 1 aliphatic heterocycles. The average molecular weight is 418 g/mol. The zero-order chi connectivity index (χ0) is 21.1. The van der Waals surface area contributed by atoms with Gasteiger partial charge in [0.05, 0.1) is 11.5 Å². The zero-order valence-electron chi connectivity index (χ0n) is 16.1. The maximum Gasteiger partial charge on any atom is 0.417 e. The Kier molecular flexibility index (Phi) is 5.56. The standard InChI is InChI=1S/C20H21F3N6O/c21-20(22,23)16-5-6-17-26-27-19(29(17)13-16)28-10-2-4-15(12-28)18(30)25-9-7-14-3-1-8-24-11-14/h1,3,5-6,8,11,13,15H,2,4,7,9-10,12H2,(H,25,30). The van der Waals surface area contributed by atoms with Crippen LogP contribution in [0.1, 0.15) is 24.0 Å². The van der Waals surface area contributed by atoms with Gasteiger partial charge in [0.15, 0.2) is 5.65 Å². The molecule has 1 fully saturated rings. The van der Waals surface area contributed by atoms with Crippen LogP contribution in [0.4, 0.5) is 19.1 Å². The average Bonchev–Trinajstić information content (AvgIpc) is 3.17. The van der Waals surface area contributed by atoms with Crippen molar-refractivity contribution in [2.24, 2.45) is 5.92 Å². The molecule has 30 heavy (non-hydrogen) atoms. The number of alkyl halides is 3. The van der Waals surface area contributed by atoms with Gasteiger partial charge in [0.2, 0.25) is 11.9 Å². The van der Waals surface area contributed by atoms with Gasteiger partial charge in [-0.3, -0.25) is 14.2 Å². The molecule has 0 aromatic carbocycles. The second-order valence-electron chi connectivity index (χ2n) is 7.33. The number of aromatic nitrogens is 4. The van der Waals surface area contributed by atoms with E-state index in [4.69, 9.17) is 0 Å². The molecule has 1 unspecified atom stereocenters. The van der Waals surface area contributed by atoms with Crippen molar-refractivity contribution in [1.82, 2.24) is 24.9 Å². The summed E-state index contributed by atoms with van der Waals surface area (Å²) in [4.78, 5) is 18.5. The van der Waals surface area contributed by atoms with Gasteiger partial charge in [-0.1, -0.05) is 6.07 Å². The normalized spacial score (nSPS) is 17.3. The summed E-state index contributed by atoms with van der Waals surface area (Å²) in [5.74, 6) is 0.00292. The van der Waals surface area contributed by atoms with E-state index in [0.29, 0.717) is 37.7 Å². The molecule has 158 valence electrons. The predicted octanol–water partition coefficient (Wildman–Crippen LogP) is 2.72. The van der Waals surface area contributed by atoms with E-state index in [-0.39, 0.29) is 11.8 Å². The number of nitrogens with one attached hydrogen (secondary N) is 1. The molecular formula is C20H21F3N6O. The van der Waals surface area contributed by atoms with Gasteiger partial charge in [-0.05, 0) is 43.0 Å². The second-order valence-corrected chi connectivity index (χ2v) is 7.33. The van der Waals surface area contributed by atoms with Crippen molar-refractivity contribution in [2.45, 2.75) is 25.4 Å². The Bertz CT molecular complexity index is 1020. The number of amides is 1. The Hall–Kier alpha value is -3.17. The minimum absolute atomic E-state index is 0.0617. The highest BCUT2D eigenvalue weighted by Gasteiger charge is 2.32. The lowest BCUT2D eigenvalue weighted by Crippen LogP contribution is -2.44. The number of fused-ring (bicyclic) bond motifs is 1.